The first-order chi connectivity index (χ1) is 6.04. The van der Waals surface area contributed by atoms with E-state index in [1.165, 1.54) is 12.1 Å². The molecule has 4 heteroatoms. The Morgan fingerprint density at radius 2 is 1.77 bits per heavy atom. The van der Waals surface area contributed by atoms with Crippen molar-refractivity contribution in [3.05, 3.63) is 29.8 Å². The van der Waals surface area contributed by atoms with Crippen molar-refractivity contribution in [2.75, 3.05) is 6.26 Å². The van der Waals surface area contributed by atoms with E-state index in [1.807, 2.05) is 0 Å². The zero-order chi connectivity index (χ0) is 9.90. The molecule has 0 aromatic heterocycles. The average molecular weight is 197 g/mol. The van der Waals surface area contributed by atoms with Crippen molar-refractivity contribution in [3.8, 4) is 0 Å². The third kappa shape index (κ3) is 2.66. The summed E-state index contributed by atoms with van der Waals surface area (Å²) in [6.45, 7) is 0. The number of benzene rings is 1. The molecule has 1 aromatic carbocycles. The van der Waals surface area contributed by atoms with Crippen LogP contribution in [0.5, 0.6) is 0 Å². The average Bonchev–Trinajstić information content (AvgIpc) is 2.04. The minimum absolute atomic E-state index is 0.198. The van der Waals surface area contributed by atoms with Gasteiger partial charge in [-0.05, 0) is 17.7 Å². The van der Waals surface area contributed by atoms with E-state index in [4.69, 9.17) is 0 Å². The van der Waals surface area contributed by atoms with Gasteiger partial charge in [0.1, 0.15) is 0 Å². The maximum absolute atomic E-state index is 11.0. The van der Waals surface area contributed by atoms with E-state index in [-0.39, 0.29) is 11.3 Å². The van der Waals surface area contributed by atoms with Gasteiger partial charge in [0.15, 0.2) is 9.84 Å². The van der Waals surface area contributed by atoms with E-state index in [2.05, 4.69) is 0 Å². The second kappa shape index (κ2) is 3.70. The second-order valence-electron chi connectivity index (χ2n) is 2.74. The van der Waals surface area contributed by atoms with E-state index in [1.54, 1.807) is 18.4 Å². The summed E-state index contributed by atoms with van der Waals surface area (Å²) in [7, 11) is -3.13. The molecule has 0 fully saturated rings. The van der Waals surface area contributed by atoms with E-state index < -0.39 is 9.84 Å². The van der Waals surface area contributed by atoms with E-state index in [9.17, 15) is 13.2 Å². The summed E-state index contributed by atoms with van der Waals surface area (Å²) in [6.07, 6.45) is 3.09. The third-order valence-corrected chi connectivity index (χ3v) is 2.76. The molecular weight excluding hydrogens is 188 g/mol. The maximum atomic E-state index is 11.0. The normalized spacial score (nSPS) is 11.2. The summed E-state index contributed by atoms with van der Waals surface area (Å²) in [5, 5.41) is 0. The summed E-state index contributed by atoms with van der Waals surface area (Å²) in [5.74, 6) is 0. The molecule has 0 saturated heterocycles. The molecule has 0 amide bonds. The third-order valence-electron chi connectivity index (χ3n) is 1.63. The van der Waals surface area contributed by atoms with Crippen LogP contribution in [0.25, 0.3) is 0 Å². The first-order valence-electron chi connectivity index (χ1n) is 3.68. The van der Waals surface area contributed by atoms with Crippen LogP contribution >= 0.6 is 0 Å². The molecule has 3 nitrogen and oxygen atoms in total. The standard InChI is InChI=1S/C9H9O3S/c1-13(11,12)9-4-2-8(3-5-9)6-7-10/h2-5H,6H2,1H3. The van der Waals surface area contributed by atoms with Gasteiger partial charge in [-0.2, -0.15) is 0 Å². The van der Waals surface area contributed by atoms with Crippen molar-refractivity contribution in [3.63, 3.8) is 0 Å². The van der Waals surface area contributed by atoms with Gasteiger partial charge in [-0.3, -0.25) is 4.79 Å². The minimum atomic E-state index is -3.13. The molecule has 0 N–H and O–H groups in total. The van der Waals surface area contributed by atoms with Gasteiger partial charge in [-0.15, -0.1) is 0 Å². The molecule has 0 aliphatic heterocycles. The van der Waals surface area contributed by atoms with Gasteiger partial charge in [-0.25, -0.2) is 8.42 Å². The van der Waals surface area contributed by atoms with Crippen LogP contribution in [0.4, 0.5) is 0 Å². The van der Waals surface area contributed by atoms with Crippen molar-refractivity contribution in [1.82, 2.24) is 0 Å². The summed E-state index contributed by atoms with van der Waals surface area (Å²) >= 11 is 0. The lowest BCUT2D eigenvalue weighted by Crippen LogP contribution is -1.97. The fourth-order valence-corrected chi connectivity index (χ4v) is 1.57. The largest absolute Gasteiger partial charge is 0.291 e. The fraction of sp³-hybridized carbons (Fsp3) is 0.222. The van der Waals surface area contributed by atoms with Crippen LogP contribution in [0.3, 0.4) is 0 Å². The number of carbonyl (C=O) groups excluding carboxylic acids is 1. The lowest BCUT2D eigenvalue weighted by atomic mass is 10.2. The van der Waals surface area contributed by atoms with Gasteiger partial charge in [0.2, 0.25) is 6.29 Å². The summed E-state index contributed by atoms with van der Waals surface area (Å²) in [5.41, 5.74) is 0.766. The zero-order valence-corrected chi connectivity index (χ0v) is 7.97. The first-order valence-corrected chi connectivity index (χ1v) is 5.57. The summed E-state index contributed by atoms with van der Waals surface area (Å²) in [4.78, 5) is 10.3. The molecule has 0 spiro atoms. The molecular formula is C9H9O3S. The van der Waals surface area contributed by atoms with Crippen molar-refractivity contribution in [2.45, 2.75) is 11.3 Å². The first kappa shape index (κ1) is 9.92. The molecule has 0 heterocycles. The molecule has 0 unspecified atom stereocenters. The molecule has 1 rings (SSSR count). The molecule has 0 bridgehead atoms. The summed E-state index contributed by atoms with van der Waals surface area (Å²) in [6, 6.07) is 6.20. The Morgan fingerprint density at radius 3 is 2.15 bits per heavy atom. The molecule has 0 atom stereocenters. The number of hydrogen-bond acceptors (Lipinski definition) is 3. The molecule has 69 valence electrons. The van der Waals surface area contributed by atoms with E-state index in [0.29, 0.717) is 0 Å². The summed E-state index contributed by atoms with van der Waals surface area (Å²) < 4.78 is 22.0. The highest BCUT2D eigenvalue weighted by Gasteiger charge is 2.05. The fourth-order valence-electron chi connectivity index (χ4n) is 0.938. The van der Waals surface area contributed by atoms with Gasteiger partial charge >= 0.3 is 0 Å². The number of hydrogen-bond donors (Lipinski definition) is 0. The zero-order valence-electron chi connectivity index (χ0n) is 7.15. The Kier molecular flexibility index (Phi) is 2.83. The van der Waals surface area contributed by atoms with E-state index in [0.717, 1.165) is 11.8 Å². The van der Waals surface area contributed by atoms with Crippen LogP contribution in [0, 0.1) is 0 Å². The Bertz CT molecular complexity index is 389. The molecule has 0 saturated carbocycles. The van der Waals surface area contributed by atoms with Crippen molar-refractivity contribution < 1.29 is 13.2 Å². The van der Waals surface area contributed by atoms with E-state index >= 15 is 0 Å². The minimum Gasteiger partial charge on any atom is -0.291 e. The monoisotopic (exact) mass is 197 g/mol. The lowest BCUT2D eigenvalue weighted by Gasteiger charge is -1.98. The Balaban J connectivity index is 3.01. The van der Waals surface area contributed by atoms with Gasteiger partial charge < -0.3 is 0 Å². The van der Waals surface area contributed by atoms with Crippen LogP contribution in [-0.4, -0.2) is 21.0 Å². The van der Waals surface area contributed by atoms with Gasteiger partial charge in [0.25, 0.3) is 0 Å². The molecule has 0 aliphatic carbocycles. The Morgan fingerprint density at radius 1 is 1.23 bits per heavy atom. The van der Waals surface area contributed by atoms with Crippen molar-refractivity contribution in [1.29, 1.82) is 0 Å². The van der Waals surface area contributed by atoms with Crippen LogP contribution in [0.15, 0.2) is 29.2 Å². The van der Waals surface area contributed by atoms with Gasteiger partial charge in [0.05, 0.1) is 4.90 Å². The molecule has 1 aromatic rings. The van der Waals surface area contributed by atoms with Crippen LogP contribution in [0.1, 0.15) is 5.56 Å². The quantitative estimate of drug-likeness (QED) is 0.718. The highest BCUT2D eigenvalue weighted by molar-refractivity contribution is 7.90. The number of rotatable bonds is 3. The predicted octanol–water partition coefficient (Wildman–Crippen LogP) is 0.742. The smallest absolute Gasteiger partial charge is 0.203 e. The van der Waals surface area contributed by atoms with Crippen LogP contribution < -0.4 is 0 Å². The Labute approximate surface area is 77.3 Å². The van der Waals surface area contributed by atoms with Crippen LogP contribution in [-0.2, 0) is 21.1 Å². The van der Waals surface area contributed by atoms with Gasteiger partial charge in [0, 0.05) is 12.7 Å². The van der Waals surface area contributed by atoms with Gasteiger partial charge in [-0.1, -0.05) is 12.1 Å². The van der Waals surface area contributed by atoms with Crippen molar-refractivity contribution >= 4 is 16.1 Å². The SMILES string of the molecule is CS(=O)(=O)c1ccc(C[C]=O)cc1. The highest BCUT2D eigenvalue weighted by atomic mass is 32.2. The predicted molar refractivity (Wildman–Crippen MR) is 48.9 cm³/mol. The molecule has 0 aliphatic rings. The Hall–Kier alpha value is -1.16. The van der Waals surface area contributed by atoms with Crippen LogP contribution in [0.2, 0.25) is 0 Å². The van der Waals surface area contributed by atoms with Crippen molar-refractivity contribution in [2.24, 2.45) is 0 Å². The topological polar surface area (TPSA) is 51.2 Å². The second-order valence-corrected chi connectivity index (χ2v) is 4.75. The molecule has 13 heavy (non-hydrogen) atoms. The highest BCUT2D eigenvalue weighted by Crippen LogP contribution is 2.09. The maximum Gasteiger partial charge on any atom is 0.203 e. The number of sulfone groups is 1. The lowest BCUT2D eigenvalue weighted by molar-refractivity contribution is 0.555. The molecule has 1 radical (unpaired) electrons.